The van der Waals surface area contributed by atoms with Gasteiger partial charge in [0, 0.05) is 24.8 Å². The minimum absolute atomic E-state index is 0.328. The molecular formula is C13H18BrN3O2. The Bertz CT molecular complexity index is 459. The number of urea groups is 1. The number of halogens is 1. The van der Waals surface area contributed by atoms with E-state index in [0.717, 1.165) is 28.8 Å². The van der Waals surface area contributed by atoms with Crippen LogP contribution in [0, 0.1) is 0 Å². The van der Waals surface area contributed by atoms with E-state index < -0.39 is 0 Å². The zero-order valence-corrected chi connectivity index (χ0v) is 12.4. The molecule has 0 aliphatic carbocycles. The van der Waals surface area contributed by atoms with Crippen molar-refractivity contribution >= 4 is 27.6 Å². The fourth-order valence-electron chi connectivity index (χ4n) is 2.24. The van der Waals surface area contributed by atoms with Crippen LogP contribution in [0.4, 0.5) is 10.5 Å². The summed E-state index contributed by atoms with van der Waals surface area (Å²) in [6.07, 6.45) is 1.82. The van der Waals surface area contributed by atoms with Gasteiger partial charge in [-0.2, -0.15) is 0 Å². The normalized spacial score (nSPS) is 16.2. The molecule has 3 N–H and O–H groups in total. The van der Waals surface area contributed by atoms with Crippen molar-refractivity contribution in [3.63, 3.8) is 0 Å². The molecule has 1 saturated heterocycles. The highest BCUT2D eigenvalue weighted by atomic mass is 79.9. The Labute approximate surface area is 121 Å². The standard InChI is InChI=1S/C13H18BrN3O2/c1-19-12-3-2-10(8-11(12)14)16-9-4-6-17(7-5-9)13(15)18/h2-3,8-9,16H,4-7H2,1H3,(H2,15,18). The molecule has 0 aromatic heterocycles. The molecule has 19 heavy (non-hydrogen) atoms. The van der Waals surface area contributed by atoms with E-state index in [2.05, 4.69) is 21.2 Å². The highest BCUT2D eigenvalue weighted by molar-refractivity contribution is 9.10. The first-order chi connectivity index (χ1) is 9.10. The number of methoxy groups -OCH3 is 1. The molecule has 0 bridgehead atoms. The highest BCUT2D eigenvalue weighted by Crippen LogP contribution is 2.28. The molecule has 2 rings (SSSR count). The smallest absolute Gasteiger partial charge is 0.314 e. The number of nitrogens with zero attached hydrogens (tertiary/aromatic N) is 1. The van der Waals surface area contributed by atoms with Crippen LogP contribution in [0.1, 0.15) is 12.8 Å². The summed E-state index contributed by atoms with van der Waals surface area (Å²) in [5.41, 5.74) is 6.31. The Morgan fingerprint density at radius 2 is 2.16 bits per heavy atom. The molecule has 0 radical (unpaired) electrons. The third kappa shape index (κ3) is 3.53. The number of amides is 2. The lowest BCUT2D eigenvalue weighted by molar-refractivity contribution is 0.193. The minimum atomic E-state index is -0.328. The van der Waals surface area contributed by atoms with E-state index in [0.29, 0.717) is 19.1 Å². The number of nitrogens with one attached hydrogen (secondary N) is 1. The van der Waals surface area contributed by atoms with E-state index in [1.54, 1.807) is 12.0 Å². The van der Waals surface area contributed by atoms with E-state index in [-0.39, 0.29) is 6.03 Å². The van der Waals surface area contributed by atoms with Crippen LogP contribution < -0.4 is 15.8 Å². The fourth-order valence-corrected chi connectivity index (χ4v) is 2.78. The Kier molecular flexibility index (Phi) is 4.52. The van der Waals surface area contributed by atoms with Crippen molar-refractivity contribution < 1.29 is 9.53 Å². The Morgan fingerprint density at radius 3 is 2.68 bits per heavy atom. The van der Waals surface area contributed by atoms with Gasteiger partial charge >= 0.3 is 6.03 Å². The first-order valence-electron chi connectivity index (χ1n) is 6.24. The van der Waals surface area contributed by atoms with Crippen molar-refractivity contribution in [1.29, 1.82) is 0 Å². The van der Waals surface area contributed by atoms with Crippen LogP contribution >= 0.6 is 15.9 Å². The summed E-state index contributed by atoms with van der Waals surface area (Å²) < 4.78 is 6.12. The number of rotatable bonds is 3. The highest BCUT2D eigenvalue weighted by Gasteiger charge is 2.21. The SMILES string of the molecule is COc1ccc(NC2CCN(C(N)=O)CC2)cc1Br. The molecule has 1 aliphatic heterocycles. The van der Waals surface area contributed by atoms with Crippen LogP contribution in [0.2, 0.25) is 0 Å². The van der Waals surface area contributed by atoms with Crippen LogP contribution in [-0.4, -0.2) is 37.2 Å². The van der Waals surface area contributed by atoms with Crippen LogP contribution in [0.25, 0.3) is 0 Å². The van der Waals surface area contributed by atoms with Gasteiger partial charge in [0.2, 0.25) is 0 Å². The number of hydrogen-bond donors (Lipinski definition) is 2. The molecular weight excluding hydrogens is 310 g/mol. The van der Waals surface area contributed by atoms with E-state index in [4.69, 9.17) is 10.5 Å². The van der Waals surface area contributed by atoms with Crippen molar-refractivity contribution in [2.45, 2.75) is 18.9 Å². The molecule has 0 unspecified atom stereocenters. The number of anilines is 1. The number of carbonyl (C=O) groups is 1. The second-order valence-electron chi connectivity index (χ2n) is 4.59. The fraction of sp³-hybridized carbons (Fsp3) is 0.462. The summed E-state index contributed by atoms with van der Waals surface area (Å²) in [4.78, 5) is 12.7. The third-order valence-corrected chi connectivity index (χ3v) is 3.95. The predicted molar refractivity (Wildman–Crippen MR) is 78.5 cm³/mol. The summed E-state index contributed by atoms with van der Waals surface area (Å²) in [7, 11) is 1.65. The van der Waals surface area contributed by atoms with Crippen molar-refractivity contribution in [2.24, 2.45) is 5.73 Å². The topological polar surface area (TPSA) is 67.6 Å². The third-order valence-electron chi connectivity index (χ3n) is 3.33. The van der Waals surface area contributed by atoms with Gasteiger partial charge in [-0.25, -0.2) is 4.79 Å². The average molecular weight is 328 g/mol. The number of hydrogen-bond acceptors (Lipinski definition) is 3. The summed E-state index contributed by atoms with van der Waals surface area (Å²) in [5.74, 6) is 0.814. The van der Waals surface area contributed by atoms with Gasteiger partial charge in [0.15, 0.2) is 0 Å². The zero-order valence-electron chi connectivity index (χ0n) is 10.9. The molecule has 0 spiro atoms. The van der Waals surface area contributed by atoms with Gasteiger partial charge in [0.1, 0.15) is 5.75 Å². The first-order valence-corrected chi connectivity index (χ1v) is 7.04. The van der Waals surface area contributed by atoms with Crippen LogP contribution in [0.3, 0.4) is 0 Å². The summed E-state index contributed by atoms with van der Waals surface area (Å²) in [6.45, 7) is 1.43. The number of ether oxygens (including phenoxy) is 1. The van der Waals surface area contributed by atoms with Crippen molar-refractivity contribution in [2.75, 3.05) is 25.5 Å². The molecule has 5 nitrogen and oxygen atoms in total. The number of likely N-dealkylation sites (tertiary alicyclic amines) is 1. The first kappa shape index (κ1) is 14.0. The molecule has 0 atom stereocenters. The minimum Gasteiger partial charge on any atom is -0.496 e. The lowest BCUT2D eigenvalue weighted by Crippen LogP contribution is -2.44. The number of piperidine rings is 1. The lowest BCUT2D eigenvalue weighted by atomic mass is 10.0. The number of benzene rings is 1. The largest absolute Gasteiger partial charge is 0.496 e. The Balaban J connectivity index is 1.92. The molecule has 104 valence electrons. The predicted octanol–water partition coefficient (Wildman–Crippen LogP) is 2.41. The van der Waals surface area contributed by atoms with Crippen LogP contribution in [-0.2, 0) is 0 Å². The van der Waals surface area contributed by atoms with Crippen LogP contribution in [0.15, 0.2) is 22.7 Å². The van der Waals surface area contributed by atoms with Crippen LogP contribution in [0.5, 0.6) is 5.75 Å². The van der Waals surface area contributed by atoms with Gasteiger partial charge in [0.25, 0.3) is 0 Å². The lowest BCUT2D eigenvalue weighted by Gasteiger charge is -2.31. The van der Waals surface area contributed by atoms with E-state index in [9.17, 15) is 4.79 Å². The maximum atomic E-state index is 11.0. The monoisotopic (exact) mass is 327 g/mol. The number of nitrogens with two attached hydrogens (primary N) is 1. The summed E-state index contributed by atoms with van der Waals surface area (Å²) >= 11 is 3.47. The summed E-state index contributed by atoms with van der Waals surface area (Å²) in [5, 5.41) is 3.47. The average Bonchev–Trinajstić information content (AvgIpc) is 2.39. The van der Waals surface area contributed by atoms with Gasteiger partial charge in [-0.1, -0.05) is 0 Å². The Hall–Kier alpha value is -1.43. The zero-order chi connectivity index (χ0) is 13.8. The molecule has 1 aromatic rings. The van der Waals surface area contributed by atoms with Crippen molar-refractivity contribution in [1.82, 2.24) is 4.90 Å². The van der Waals surface area contributed by atoms with Gasteiger partial charge in [0.05, 0.1) is 11.6 Å². The van der Waals surface area contributed by atoms with Gasteiger partial charge in [-0.15, -0.1) is 0 Å². The number of carbonyl (C=O) groups excluding carboxylic acids is 1. The van der Waals surface area contributed by atoms with E-state index >= 15 is 0 Å². The van der Waals surface area contributed by atoms with Gasteiger partial charge in [-0.3, -0.25) is 0 Å². The molecule has 1 aliphatic rings. The van der Waals surface area contributed by atoms with E-state index in [1.807, 2.05) is 18.2 Å². The quantitative estimate of drug-likeness (QED) is 0.895. The Morgan fingerprint density at radius 1 is 1.47 bits per heavy atom. The molecule has 1 heterocycles. The number of primary amides is 1. The van der Waals surface area contributed by atoms with E-state index in [1.165, 1.54) is 0 Å². The second kappa shape index (κ2) is 6.14. The van der Waals surface area contributed by atoms with Gasteiger partial charge in [-0.05, 0) is 47.0 Å². The summed E-state index contributed by atoms with van der Waals surface area (Å²) in [6, 6.07) is 5.95. The maximum Gasteiger partial charge on any atom is 0.314 e. The maximum absolute atomic E-state index is 11.0. The van der Waals surface area contributed by atoms with Gasteiger partial charge < -0.3 is 20.7 Å². The van der Waals surface area contributed by atoms with Crippen molar-refractivity contribution in [3.05, 3.63) is 22.7 Å². The molecule has 6 heteroatoms. The second-order valence-corrected chi connectivity index (χ2v) is 5.45. The van der Waals surface area contributed by atoms with Crippen molar-refractivity contribution in [3.8, 4) is 5.75 Å². The molecule has 1 fully saturated rings. The molecule has 1 aromatic carbocycles. The molecule has 0 saturated carbocycles. The molecule has 2 amide bonds.